The normalized spacial score (nSPS) is 12.3. The van der Waals surface area contributed by atoms with Crippen molar-refractivity contribution in [2.24, 2.45) is 0 Å². The molecule has 0 radical (unpaired) electrons. The maximum Gasteiger partial charge on any atom is 0.0774 e. The van der Waals surface area contributed by atoms with Crippen molar-refractivity contribution in [3.05, 3.63) is 35.9 Å². The molecule has 1 N–H and O–H groups in total. The molecule has 0 aliphatic heterocycles. The summed E-state index contributed by atoms with van der Waals surface area (Å²) in [6.07, 6.45) is 5.82. The van der Waals surface area contributed by atoms with E-state index in [1.807, 2.05) is 30.4 Å². The van der Waals surface area contributed by atoms with Gasteiger partial charge in [0.05, 0.1) is 5.60 Å². The molecule has 0 amide bonds. The summed E-state index contributed by atoms with van der Waals surface area (Å²) >= 11 is 1.71. The van der Waals surface area contributed by atoms with Crippen LogP contribution in [0.25, 0.3) is 6.08 Å². The maximum absolute atomic E-state index is 9.55. The van der Waals surface area contributed by atoms with E-state index in [-0.39, 0.29) is 0 Å². The molecule has 2 heteroatoms. The van der Waals surface area contributed by atoms with Gasteiger partial charge in [-0.3, -0.25) is 0 Å². The highest BCUT2D eigenvalue weighted by molar-refractivity contribution is 7.98. The highest BCUT2D eigenvalue weighted by atomic mass is 32.2. The molecular formula is C12H16OS. The molecule has 0 aromatic heterocycles. The quantitative estimate of drug-likeness (QED) is 0.770. The Balaban J connectivity index is 2.91. The van der Waals surface area contributed by atoms with Gasteiger partial charge in [0.15, 0.2) is 0 Å². The van der Waals surface area contributed by atoms with Gasteiger partial charge in [0.25, 0.3) is 0 Å². The van der Waals surface area contributed by atoms with E-state index in [1.165, 1.54) is 4.90 Å². The zero-order valence-electron chi connectivity index (χ0n) is 8.82. The van der Waals surface area contributed by atoms with E-state index in [0.29, 0.717) is 0 Å². The summed E-state index contributed by atoms with van der Waals surface area (Å²) in [5, 5.41) is 9.55. The van der Waals surface area contributed by atoms with E-state index in [4.69, 9.17) is 0 Å². The third-order valence-corrected chi connectivity index (χ3v) is 2.62. The van der Waals surface area contributed by atoms with Gasteiger partial charge < -0.3 is 5.11 Å². The summed E-state index contributed by atoms with van der Waals surface area (Å²) in [5.74, 6) is 0. The molecule has 1 rings (SSSR count). The molecule has 0 bridgehead atoms. The first kappa shape index (κ1) is 11.3. The fraction of sp³-hybridized carbons (Fsp3) is 0.333. The third-order valence-electron chi connectivity index (χ3n) is 1.81. The van der Waals surface area contributed by atoms with Crippen LogP contribution in [-0.2, 0) is 0 Å². The average Bonchev–Trinajstić information content (AvgIpc) is 2.14. The molecule has 1 nitrogen and oxygen atoms in total. The molecule has 14 heavy (non-hydrogen) atoms. The van der Waals surface area contributed by atoms with Crippen molar-refractivity contribution < 1.29 is 5.11 Å². The number of rotatable bonds is 3. The summed E-state index contributed by atoms with van der Waals surface area (Å²) in [6.45, 7) is 3.54. The molecular weight excluding hydrogens is 192 g/mol. The predicted octanol–water partition coefficient (Wildman–Crippen LogP) is 3.19. The van der Waals surface area contributed by atoms with Crippen LogP contribution >= 0.6 is 11.8 Å². The molecule has 0 saturated heterocycles. The van der Waals surface area contributed by atoms with Crippen molar-refractivity contribution in [3.63, 3.8) is 0 Å². The van der Waals surface area contributed by atoms with E-state index in [1.54, 1.807) is 25.6 Å². The van der Waals surface area contributed by atoms with Gasteiger partial charge >= 0.3 is 0 Å². The second-order valence-corrected chi connectivity index (χ2v) is 4.58. The first-order chi connectivity index (χ1) is 6.53. The van der Waals surface area contributed by atoms with Crippen molar-refractivity contribution in [2.45, 2.75) is 24.3 Å². The van der Waals surface area contributed by atoms with Gasteiger partial charge in [0.2, 0.25) is 0 Å². The van der Waals surface area contributed by atoms with Gasteiger partial charge in [0.1, 0.15) is 0 Å². The molecule has 0 unspecified atom stereocenters. The Morgan fingerprint density at radius 2 is 1.93 bits per heavy atom. The van der Waals surface area contributed by atoms with Gasteiger partial charge in [-0.2, -0.15) is 0 Å². The van der Waals surface area contributed by atoms with Crippen LogP contribution < -0.4 is 0 Å². The predicted molar refractivity (Wildman–Crippen MR) is 63.6 cm³/mol. The number of hydrogen-bond donors (Lipinski definition) is 1. The van der Waals surface area contributed by atoms with Crippen molar-refractivity contribution in [1.82, 2.24) is 0 Å². The van der Waals surface area contributed by atoms with Crippen LogP contribution in [0.5, 0.6) is 0 Å². The Morgan fingerprint density at radius 3 is 2.50 bits per heavy atom. The molecule has 0 aliphatic carbocycles. The lowest BCUT2D eigenvalue weighted by atomic mass is 10.1. The molecule has 1 aromatic rings. The summed E-state index contributed by atoms with van der Waals surface area (Å²) < 4.78 is 0. The van der Waals surface area contributed by atoms with Gasteiger partial charge in [-0.05, 0) is 31.7 Å². The monoisotopic (exact) mass is 208 g/mol. The summed E-state index contributed by atoms with van der Waals surface area (Å²) in [5.41, 5.74) is 0.410. The minimum atomic E-state index is -0.745. The average molecular weight is 208 g/mol. The number of aliphatic hydroxyl groups is 1. The zero-order valence-corrected chi connectivity index (χ0v) is 9.64. The summed E-state index contributed by atoms with van der Waals surface area (Å²) in [7, 11) is 0. The van der Waals surface area contributed by atoms with Gasteiger partial charge in [-0.1, -0.05) is 30.4 Å². The van der Waals surface area contributed by atoms with Crippen molar-refractivity contribution in [3.8, 4) is 0 Å². The SMILES string of the molecule is CSc1ccccc1/C=C/C(C)(C)O. The van der Waals surface area contributed by atoms with Gasteiger partial charge in [0, 0.05) is 4.90 Å². The van der Waals surface area contributed by atoms with Gasteiger partial charge in [-0.15, -0.1) is 11.8 Å². The third kappa shape index (κ3) is 3.56. The topological polar surface area (TPSA) is 20.2 Å². The van der Waals surface area contributed by atoms with Crippen LogP contribution in [0.2, 0.25) is 0 Å². The minimum Gasteiger partial charge on any atom is -0.386 e. The Kier molecular flexibility index (Phi) is 3.78. The number of thioether (sulfide) groups is 1. The standard InChI is InChI=1S/C12H16OS/c1-12(2,13)9-8-10-6-4-5-7-11(10)14-3/h4-9,13H,1-3H3/b9-8+. The van der Waals surface area contributed by atoms with E-state index in [9.17, 15) is 5.11 Å². The van der Waals surface area contributed by atoms with Crippen molar-refractivity contribution in [1.29, 1.82) is 0 Å². The molecule has 0 spiro atoms. The molecule has 1 aromatic carbocycles. The summed E-state index contributed by atoms with van der Waals surface area (Å²) in [4.78, 5) is 1.23. The molecule has 0 fully saturated rings. The lowest BCUT2D eigenvalue weighted by Gasteiger charge is -2.10. The number of hydrogen-bond acceptors (Lipinski definition) is 2. The Hall–Kier alpha value is -0.730. The Morgan fingerprint density at radius 1 is 1.29 bits per heavy atom. The first-order valence-corrected chi connectivity index (χ1v) is 5.80. The van der Waals surface area contributed by atoms with E-state index < -0.39 is 5.60 Å². The Labute approximate surface area is 89.8 Å². The molecule has 0 atom stereocenters. The second kappa shape index (κ2) is 4.67. The molecule has 76 valence electrons. The van der Waals surface area contributed by atoms with Crippen LogP contribution in [0.15, 0.2) is 35.2 Å². The van der Waals surface area contributed by atoms with Crippen LogP contribution in [0.1, 0.15) is 19.4 Å². The van der Waals surface area contributed by atoms with Crippen LogP contribution in [0, 0.1) is 0 Å². The highest BCUT2D eigenvalue weighted by Gasteiger charge is 2.06. The van der Waals surface area contributed by atoms with Crippen molar-refractivity contribution in [2.75, 3.05) is 6.26 Å². The van der Waals surface area contributed by atoms with E-state index >= 15 is 0 Å². The molecule has 0 saturated carbocycles. The highest BCUT2D eigenvalue weighted by Crippen LogP contribution is 2.21. The van der Waals surface area contributed by atoms with E-state index in [2.05, 4.69) is 12.3 Å². The molecule has 0 heterocycles. The Bertz CT molecular complexity index is 323. The van der Waals surface area contributed by atoms with E-state index in [0.717, 1.165) is 5.56 Å². The number of benzene rings is 1. The fourth-order valence-electron chi connectivity index (χ4n) is 1.10. The first-order valence-electron chi connectivity index (χ1n) is 4.57. The second-order valence-electron chi connectivity index (χ2n) is 3.73. The van der Waals surface area contributed by atoms with Crippen molar-refractivity contribution >= 4 is 17.8 Å². The van der Waals surface area contributed by atoms with Crippen LogP contribution in [-0.4, -0.2) is 17.0 Å². The summed E-state index contributed by atoms with van der Waals surface area (Å²) in [6, 6.07) is 8.15. The fourth-order valence-corrected chi connectivity index (χ4v) is 1.68. The minimum absolute atomic E-state index is 0.745. The molecule has 0 aliphatic rings. The van der Waals surface area contributed by atoms with Crippen LogP contribution in [0.4, 0.5) is 0 Å². The zero-order chi connectivity index (χ0) is 10.6. The van der Waals surface area contributed by atoms with Crippen LogP contribution in [0.3, 0.4) is 0 Å². The smallest absolute Gasteiger partial charge is 0.0774 e. The largest absolute Gasteiger partial charge is 0.386 e. The maximum atomic E-state index is 9.55. The lowest BCUT2D eigenvalue weighted by Crippen LogP contribution is -2.13. The lowest BCUT2D eigenvalue weighted by molar-refractivity contribution is 0.134. The van der Waals surface area contributed by atoms with Gasteiger partial charge in [-0.25, -0.2) is 0 Å².